The Kier molecular flexibility index (Phi) is 9.37. The molecule has 0 radical (unpaired) electrons. The summed E-state index contributed by atoms with van der Waals surface area (Å²) in [6.07, 6.45) is 3.43. The van der Waals surface area contributed by atoms with E-state index in [0.717, 1.165) is 0 Å². The van der Waals surface area contributed by atoms with Crippen molar-refractivity contribution in [3.8, 4) is 0 Å². The standard InChI is InChI=1S/C31H40N6O7Si/c1-19-30(40)44-24-21(16-42-45(5,6)31(2,3)4)43-29(25(24)41-15-11-10-14-22(38)35-19)37-18-34-23-26(32-17-33-27(23)37)36-28(39)20-12-8-7-9-13-20/h7-9,11-13,15,17-19,21,24-25,29H,10,14,16H2,1-6H3,(H,35,38)(H,32,33,36,39)/b15-11-/t19-,21+,24+,25+,29+/m0/s1. The molecule has 2 aliphatic rings. The van der Waals surface area contributed by atoms with Crippen molar-refractivity contribution in [2.75, 3.05) is 11.9 Å². The number of carbonyl (C=O) groups excluding carboxylic acids is 3. The van der Waals surface area contributed by atoms with Crippen LogP contribution in [0.15, 0.2) is 55.3 Å². The van der Waals surface area contributed by atoms with Crippen LogP contribution < -0.4 is 10.6 Å². The normalized spacial score (nSPS) is 25.2. The molecule has 0 saturated carbocycles. The minimum Gasteiger partial charge on any atom is -0.490 e. The molecule has 4 heterocycles. The molecule has 0 spiro atoms. The van der Waals surface area contributed by atoms with Crippen LogP contribution in [0.3, 0.4) is 0 Å². The first-order valence-corrected chi connectivity index (χ1v) is 17.9. The van der Waals surface area contributed by atoms with Crippen molar-refractivity contribution >= 4 is 43.1 Å². The predicted molar refractivity (Wildman–Crippen MR) is 168 cm³/mol. The summed E-state index contributed by atoms with van der Waals surface area (Å²) in [6.45, 7) is 12.4. The number of imidazole rings is 1. The summed E-state index contributed by atoms with van der Waals surface area (Å²) in [5.41, 5.74) is 1.20. The number of esters is 1. The Labute approximate surface area is 262 Å². The SMILES string of the molecule is C[C@@H]1NC(=O)CC/C=C\O[C@@H]2[C@H](OC1=O)[C@@H](CO[Si](C)(C)C(C)(C)C)O[C@H]2n1cnc2c(NC(=O)c3ccccc3)ncnc21. The molecule has 2 amide bonds. The highest BCUT2D eigenvalue weighted by Crippen LogP contribution is 2.40. The average molecular weight is 637 g/mol. The smallest absolute Gasteiger partial charge is 0.328 e. The van der Waals surface area contributed by atoms with E-state index in [0.29, 0.717) is 23.1 Å². The summed E-state index contributed by atoms with van der Waals surface area (Å²) in [5.74, 6) is -0.988. The van der Waals surface area contributed by atoms with Crippen molar-refractivity contribution in [3.63, 3.8) is 0 Å². The molecular formula is C31H40N6O7Si. The lowest BCUT2D eigenvalue weighted by atomic mass is 10.1. The number of nitrogens with zero attached hydrogens (tertiary/aromatic N) is 4. The predicted octanol–water partition coefficient (Wildman–Crippen LogP) is 4.11. The fraction of sp³-hybridized carbons (Fsp3) is 0.484. The van der Waals surface area contributed by atoms with Crippen LogP contribution in [-0.2, 0) is 28.2 Å². The lowest BCUT2D eigenvalue weighted by Gasteiger charge is -2.37. The van der Waals surface area contributed by atoms with Crippen molar-refractivity contribution in [2.24, 2.45) is 0 Å². The van der Waals surface area contributed by atoms with Gasteiger partial charge in [0.2, 0.25) is 5.91 Å². The average Bonchev–Trinajstić information content (AvgIpc) is 3.57. The zero-order chi connectivity index (χ0) is 32.4. The maximum atomic E-state index is 13.2. The Hall–Kier alpha value is -4.14. The van der Waals surface area contributed by atoms with Gasteiger partial charge in [-0.1, -0.05) is 39.0 Å². The van der Waals surface area contributed by atoms with E-state index < -0.39 is 44.9 Å². The second-order valence-electron chi connectivity index (χ2n) is 12.7. The first kappa shape index (κ1) is 32.3. The number of nitrogens with one attached hydrogen (secondary N) is 2. The molecule has 45 heavy (non-hydrogen) atoms. The number of carbonyl (C=O) groups is 3. The number of ether oxygens (including phenoxy) is 3. The fourth-order valence-electron chi connectivity index (χ4n) is 4.80. The molecule has 0 bridgehead atoms. The highest BCUT2D eigenvalue weighted by Gasteiger charge is 2.51. The third-order valence-corrected chi connectivity index (χ3v) is 13.0. The van der Waals surface area contributed by atoms with Crippen LogP contribution in [0.2, 0.25) is 18.1 Å². The third-order valence-electron chi connectivity index (χ3n) is 8.45. The molecule has 1 fully saturated rings. The minimum atomic E-state index is -2.22. The second kappa shape index (κ2) is 13.1. The van der Waals surface area contributed by atoms with Gasteiger partial charge in [0, 0.05) is 12.0 Å². The van der Waals surface area contributed by atoms with Crippen LogP contribution in [0, 0.1) is 0 Å². The molecular weight excluding hydrogens is 596 g/mol. The molecule has 0 unspecified atom stereocenters. The van der Waals surface area contributed by atoms with E-state index in [1.54, 1.807) is 41.8 Å². The molecule has 240 valence electrons. The van der Waals surface area contributed by atoms with E-state index >= 15 is 0 Å². The third kappa shape index (κ3) is 7.07. The number of anilines is 1. The van der Waals surface area contributed by atoms with Crippen molar-refractivity contribution in [1.29, 1.82) is 0 Å². The van der Waals surface area contributed by atoms with Gasteiger partial charge in [-0.25, -0.2) is 19.7 Å². The number of fused-ring (bicyclic) bond motifs is 2. The molecule has 5 atom stereocenters. The monoisotopic (exact) mass is 636 g/mol. The van der Waals surface area contributed by atoms with Crippen molar-refractivity contribution in [3.05, 3.63) is 60.9 Å². The summed E-state index contributed by atoms with van der Waals surface area (Å²) < 4.78 is 27.0. The van der Waals surface area contributed by atoms with Gasteiger partial charge in [-0.15, -0.1) is 0 Å². The molecule has 2 aliphatic heterocycles. The minimum absolute atomic E-state index is 0.0658. The summed E-state index contributed by atoms with van der Waals surface area (Å²) in [6, 6.07) is 7.91. The van der Waals surface area contributed by atoms with Crippen LogP contribution in [0.1, 0.15) is 57.1 Å². The Balaban J connectivity index is 1.50. The molecule has 3 aromatic rings. The lowest BCUT2D eigenvalue weighted by Crippen LogP contribution is -2.48. The van der Waals surface area contributed by atoms with Gasteiger partial charge in [0.1, 0.15) is 18.5 Å². The zero-order valence-corrected chi connectivity index (χ0v) is 27.4. The number of rotatable bonds is 6. The van der Waals surface area contributed by atoms with Gasteiger partial charge in [0.05, 0.1) is 19.2 Å². The van der Waals surface area contributed by atoms with E-state index in [1.165, 1.54) is 18.9 Å². The zero-order valence-electron chi connectivity index (χ0n) is 26.4. The van der Waals surface area contributed by atoms with Crippen LogP contribution in [0.4, 0.5) is 5.82 Å². The molecule has 2 N–H and O–H groups in total. The van der Waals surface area contributed by atoms with E-state index in [2.05, 4.69) is 59.5 Å². The Bertz CT molecular complexity index is 1570. The maximum Gasteiger partial charge on any atom is 0.328 e. The Morgan fingerprint density at radius 1 is 1.13 bits per heavy atom. The van der Waals surface area contributed by atoms with E-state index in [4.69, 9.17) is 18.6 Å². The van der Waals surface area contributed by atoms with Crippen LogP contribution >= 0.6 is 0 Å². The van der Waals surface area contributed by atoms with Gasteiger partial charge >= 0.3 is 5.97 Å². The van der Waals surface area contributed by atoms with Gasteiger partial charge in [0.25, 0.3) is 5.91 Å². The second-order valence-corrected chi connectivity index (χ2v) is 17.5. The highest BCUT2D eigenvalue weighted by molar-refractivity contribution is 6.74. The largest absolute Gasteiger partial charge is 0.490 e. The van der Waals surface area contributed by atoms with Gasteiger partial charge in [-0.3, -0.25) is 14.2 Å². The van der Waals surface area contributed by atoms with Gasteiger partial charge in [-0.05, 0) is 49.7 Å². The van der Waals surface area contributed by atoms with E-state index in [9.17, 15) is 14.4 Å². The van der Waals surface area contributed by atoms with Crippen molar-refractivity contribution in [1.82, 2.24) is 24.8 Å². The Morgan fingerprint density at radius 2 is 1.89 bits per heavy atom. The molecule has 2 aromatic heterocycles. The van der Waals surface area contributed by atoms with Crippen LogP contribution in [0.25, 0.3) is 11.2 Å². The summed E-state index contributed by atoms with van der Waals surface area (Å²) in [5, 5.41) is 5.44. The van der Waals surface area contributed by atoms with E-state index in [1.807, 2.05) is 6.07 Å². The maximum absolute atomic E-state index is 13.2. The number of hydrogen-bond donors (Lipinski definition) is 2. The first-order valence-electron chi connectivity index (χ1n) is 15.0. The van der Waals surface area contributed by atoms with Crippen LogP contribution in [0.5, 0.6) is 0 Å². The molecule has 13 nitrogen and oxygen atoms in total. The molecule has 1 saturated heterocycles. The lowest BCUT2D eigenvalue weighted by molar-refractivity contribution is -0.159. The molecule has 1 aromatic carbocycles. The van der Waals surface area contributed by atoms with Gasteiger partial charge in [-0.2, -0.15) is 0 Å². The summed E-state index contributed by atoms with van der Waals surface area (Å²) in [4.78, 5) is 51.6. The van der Waals surface area contributed by atoms with Gasteiger partial charge < -0.3 is 29.3 Å². The Morgan fingerprint density at radius 3 is 2.62 bits per heavy atom. The number of aromatic nitrogens is 4. The number of allylic oxidation sites excluding steroid dienone is 1. The molecule has 0 aliphatic carbocycles. The quantitative estimate of drug-likeness (QED) is 0.298. The topological polar surface area (TPSA) is 156 Å². The summed E-state index contributed by atoms with van der Waals surface area (Å²) >= 11 is 0. The summed E-state index contributed by atoms with van der Waals surface area (Å²) in [7, 11) is -2.22. The van der Waals surface area contributed by atoms with Crippen LogP contribution in [-0.4, -0.2) is 76.6 Å². The molecule has 14 heteroatoms. The highest BCUT2D eigenvalue weighted by atomic mass is 28.4. The van der Waals surface area contributed by atoms with Gasteiger partial charge in [0.15, 0.2) is 43.7 Å². The van der Waals surface area contributed by atoms with Crippen molar-refractivity contribution < 1.29 is 33.0 Å². The molecule has 5 rings (SSSR count). The number of benzene rings is 1. The van der Waals surface area contributed by atoms with Crippen molar-refractivity contribution in [2.45, 2.75) is 89.3 Å². The van der Waals surface area contributed by atoms with E-state index in [-0.39, 0.29) is 35.7 Å². The fourth-order valence-corrected chi connectivity index (χ4v) is 5.81. The number of hydrogen-bond acceptors (Lipinski definition) is 10. The first-order chi connectivity index (χ1) is 21.4. The number of amides is 2.